The number of nitriles is 1. The van der Waals surface area contributed by atoms with Gasteiger partial charge in [-0.15, -0.1) is 0 Å². The van der Waals surface area contributed by atoms with Crippen LogP contribution in [0, 0.1) is 149 Å². The smallest absolute Gasteiger partial charge is 0.350 e. The molecule has 0 aromatic carbocycles. The largest absolute Gasteiger partial charge is 0.468 e. The number of carbonyl (C=O) groups is 19. The Balaban J connectivity index is 0.000000155. The minimum atomic E-state index is -1.48. The van der Waals surface area contributed by atoms with Gasteiger partial charge < -0.3 is 99.5 Å². The third-order valence-corrected chi connectivity index (χ3v) is 35.1. The summed E-state index contributed by atoms with van der Waals surface area (Å²) < 4.78 is 110. The van der Waals surface area contributed by atoms with E-state index in [1.54, 1.807) is 76.3 Å². The lowest BCUT2D eigenvalue weighted by molar-refractivity contribution is -0.192. The highest BCUT2D eigenvalue weighted by Crippen LogP contribution is 2.64. The molecule has 18 rings (SSSR count). The first-order chi connectivity index (χ1) is 68.8. The zero-order valence-electron chi connectivity index (χ0n) is 89.0. The molecule has 31 unspecified atom stereocenters. The van der Waals surface area contributed by atoms with E-state index >= 15 is 0 Å². The summed E-state index contributed by atoms with van der Waals surface area (Å²) in [4.78, 5) is 226. The van der Waals surface area contributed by atoms with Gasteiger partial charge in [-0.25, -0.2) is 24.0 Å². The van der Waals surface area contributed by atoms with Gasteiger partial charge in [-0.3, -0.25) is 67.1 Å². The van der Waals surface area contributed by atoms with Crippen molar-refractivity contribution >= 4 is 113 Å². The fourth-order valence-corrected chi connectivity index (χ4v) is 23.5. The van der Waals surface area contributed by atoms with Crippen LogP contribution in [0.4, 0.5) is 0 Å². The molecule has 41 heteroatoms. The number of rotatable bonds is 32. The number of cyclic esters (lactones) is 2. The maximum absolute atomic E-state index is 12.6. The second kappa shape index (κ2) is 44.9. The van der Waals surface area contributed by atoms with Crippen molar-refractivity contribution in [3.63, 3.8) is 0 Å². The molecule has 0 spiro atoms. The van der Waals surface area contributed by atoms with Crippen LogP contribution < -0.4 is 0 Å². The lowest BCUT2D eigenvalue weighted by Crippen LogP contribution is -2.49. The third kappa shape index (κ3) is 23.0. The van der Waals surface area contributed by atoms with Crippen LogP contribution in [0.25, 0.3) is 0 Å². The van der Waals surface area contributed by atoms with Crippen molar-refractivity contribution in [2.24, 2.45) is 138 Å². The SMILES string of the molecule is CCC(C)(C)C(=O)OC(C)(C)C(=O)OC1C2CC3C1OC(=O)C3(C#N)C2.CCC(C)(C)C(=O)OC(C)C(=O)OC1C2CC3C(=O)OC1C3C2.CCC(C)(C)C(=O)OCC(=O)OC.CCC(C)(C)C(=O)OCC(=O)OC1C2CC(C1OC)C1C(=O)OCC21.CCC(C)(C)C(=O)OCC(=O)OC1C2CC3(C(=O)OC)C(=O)OC1C3O2.CCC(C)(C)C(=O)OCCC(=O)OC1C2CC3C(=O)OC1C3C2.O=C1OCC2C3CCC(C3)C12. The van der Waals surface area contributed by atoms with Crippen molar-refractivity contribution < 1.29 is 191 Å². The highest BCUT2D eigenvalue weighted by atomic mass is 16.7. The van der Waals surface area contributed by atoms with E-state index in [4.69, 9.17) is 94.7 Å². The van der Waals surface area contributed by atoms with E-state index in [9.17, 15) is 96.4 Å². The molecule has 147 heavy (non-hydrogen) atoms. The van der Waals surface area contributed by atoms with E-state index in [2.05, 4.69) is 10.8 Å². The Bertz CT molecular complexity index is 5070. The predicted molar refractivity (Wildman–Crippen MR) is 500 cm³/mol. The van der Waals surface area contributed by atoms with Crippen LogP contribution in [-0.2, 0) is 191 Å². The molecule has 0 aromatic rings. The normalized spacial score (nSPS) is 34.3. The fraction of sp³-hybridized carbons (Fsp3) is 0.811. The molecular formula is C106H149NO40. The summed E-state index contributed by atoms with van der Waals surface area (Å²) in [6.07, 6.45) is 5.43. The summed E-state index contributed by atoms with van der Waals surface area (Å²) in [7, 11) is 4.00. The topological polar surface area (TPSA) is 542 Å². The number of hydrogen-bond acceptors (Lipinski definition) is 41. The first-order valence-electron chi connectivity index (χ1n) is 51.9. The molecule has 8 heterocycles. The highest BCUT2D eigenvalue weighted by molar-refractivity contribution is 6.03. The minimum absolute atomic E-state index is 0.0113. The van der Waals surface area contributed by atoms with Gasteiger partial charge in [0, 0.05) is 72.7 Å². The zero-order chi connectivity index (χ0) is 109. The lowest BCUT2D eigenvalue weighted by atomic mass is 9.74. The van der Waals surface area contributed by atoms with E-state index in [0.717, 1.165) is 44.6 Å². The van der Waals surface area contributed by atoms with Gasteiger partial charge in [0.2, 0.25) is 5.60 Å². The number of ether oxygens (including phenoxy) is 21. The Morgan fingerprint density at radius 3 is 1.37 bits per heavy atom. The molecule has 10 saturated carbocycles. The Morgan fingerprint density at radius 1 is 0.401 bits per heavy atom. The number of carbonyl (C=O) groups excluding carboxylic acids is 19. The fourth-order valence-electron chi connectivity index (χ4n) is 23.5. The molecule has 0 N–H and O–H groups in total. The van der Waals surface area contributed by atoms with Gasteiger partial charge in [-0.05, 0) is 218 Å². The van der Waals surface area contributed by atoms with Gasteiger partial charge >= 0.3 is 113 Å². The van der Waals surface area contributed by atoms with Gasteiger partial charge in [-0.2, -0.15) is 5.26 Å². The van der Waals surface area contributed by atoms with E-state index in [-0.39, 0.29) is 157 Å². The van der Waals surface area contributed by atoms with Crippen LogP contribution in [0.15, 0.2) is 0 Å². The lowest BCUT2D eigenvalue weighted by Gasteiger charge is -2.34. The summed E-state index contributed by atoms with van der Waals surface area (Å²) >= 11 is 0. The second-order valence-electron chi connectivity index (χ2n) is 46.6. The van der Waals surface area contributed by atoms with Gasteiger partial charge in [0.1, 0.15) is 61.5 Å². The van der Waals surface area contributed by atoms with Crippen molar-refractivity contribution in [1.29, 1.82) is 5.26 Å². The molecular weight excluding hydrogens is 1930 g/mol. The molecule has 0 aromatic heterocycles. The maximum Gasteiger partial charge on any atom is 0.350 e. The summed E-state index contributed by atoms with van der Waals surface area (Å²) in [5.41, 5.74) is -7.73. The molecule has 818 valence electrons. The quantitative estimate of drug-likeness (QED) is 0.0343. The molecule has 8 saturated heterocycles. The molecule has 31 atom stereocenters. The first-order valence-corrected chi connectivity index (χ1v) is 51.9. The van der Waals surface area contributed by atoms with E-state index < -0.39 is 195 Å². The number of nitrogens with zero attached hydrogens (tertiary/aromatic N) is 1. The minimum Gasteiger partial charge on any atom is -0.468 e. The predicted octanol–water partition coefficient (Wildman–Crippen LogP) is 9.64. The average molecular weight is 2080 g/mol. The zero-order valence-corrected chi connectivity index (χ0v) is 89.0. The average Bonchev–Trinajstić information content (AvgIpc) is 1.52. The first kappa shape index (κ1) is 115. The number of hydrogen-bond donors (Lipinski definition) is 0. The Hall–Kier alpha value is -10.7. The van der Waals surface area contributed by atoms with Gasteiger partial charge in [0.05, 0.1) is 102 Å². The summed E-state index contributed by atoms with van der Waals surface area (Å²) in [6.45, 7) is 36.9. The summed E-state index contributed by atoms with van der Waals surface area (Å²) in [5, 5.41) is 9.42. The van der Waals surface area contributed by atoms with Crippen molar-refractivity contribution in [2.75, 3.05) is 61.0 Å². The molecule has 0 amide bonds. The molecule has 8 aliphatic heterocycles. The molecule has 41 nitrogen and oxygen atoms in total. The van der Waals surface area contributed by atoms with E-state index in [1.165, 1.54) is 54.3 Å². The standard InChI is InChI=1S/C19H25NO6.C18H26O7.C17H22O9.2C17H24O6.C9H16O4.C9H12O2/c1-6-17(2,3)14(21)26-18(4,5)15(22)24-12-10-7-11-13(12)25-16(23)19(11,8-10)9-20;1-5-18(2,3)17(21)24-8-12(19)25-15-9-6-10(14(15)22-4)13-11(9)7-23-16(13)20;1-5-16(2,3)13(19)23-7-9(18)25-10-8-6-17(14(20)22-4)12(24-8)11(10)26-15(17)21;1-5-17(3,4)16(20)21-8(2)14(18)22-12-9-6-10-11(7-9)15(19)23-13(10)12;1-4-17(2,3)16(20)21-6-5-12(18)22-13-9-7-10-11(8-9)15(19)23-14(10)13;1-5-9(2,3)8(11)13-6-7(10)12-4;10-9-8-6-2-1-5(3-6)7(8)4-11-9/h10-13H,6-8H2,1-5H3;9-11,13-15H,5-8H2,1-4H3;8,10-12H,5-7H2,1-4H3;8-13H,5-7H2,1-4H3;9-11,13-14H,4-8H2,1-3H3;5-6H2,1-4H3;5-8H,1-4H2. The molecule has 12 bridgehead atoms. The van der Waals surface area contributed by atoms with Gasteiger partial charge in [0.25, 0.3) is 0 Å². The molecule has 18 aliphatic rings. The van der Waals surface area contributed by atoms with Crippen LogP contribution >= 0.6 is 0 Å². The second-order valence-corrected chi connectivity index (χ2v) is 46.6. The van der Waals surface area contributed by atoms with E-state index in [0.29, 0.717) is 75.7 Å². The molecule has 0 radical (unpaired) electrons. The van der Waals surface area contributed by atoms with Crippen LogP contribution in [0.1, 0.15) is 261 Å². The highest BCUT2D eigenvalue weighted by Gasteiger charge is 2.78. The summed E-state index contributed by atoms with van der Waals surface area (Å²) in [6, 6.07) is 2.12. The maximum atomic E-state index is 12.6. The van der Waals surface area contributed by atoms with Crippen molar-refractivity contribution in [3.8, 4) is 6.07 Å². The van der Waals surface area contributed by atoms with Gasteiger partial charge in [-0.1, -0.05) is 41.5 Å². The van der Waals surface area contributed by atoms with Crippen LogP contribution in [-0.4, -0.2) is 259 Å². The van der Waals surface area contributed by atoms with E-state index in [1.807, 2.05) is 55.4 Å². The Labute approximate surface area is 856 Å². The van der Waals surface area contributed by atoms with Crippen molar-refractivity contribution in [1.82, 2.24) is 0 Å². The summed E-state index contributed by atoms with van der Waals surface area (Å²) in [5.74, 6) is -5.35. The van der Waals surface area contributed by atoms with Crippen molar-refractivity contribution in [3.05, 3.63) is 0 Å². The number of esters is 19. The number of fused-ring (bicyclic) bond motifs is 14. The van der Waals surface area contributed by atoms with Gasteiger partial charge in [0.15, 0.2) is 49.0 Å². The third-order valence-electron chi connectivity index (χ3n) is 35.1. The number of methoxy groups -OCH3 is 3. The van der Waals surface area contributed by atoms with Crippen LogP contribution in [0.5, 0.6) is 0 Å². The van der Waals surface area contributed by atoms with Crippen LogP contribution in [0.3, 0.4) is 0 Å². The van der Waals surface area contributed by atoms with Crippen molar-refractivity contribution in [2.45, 2.75) is 346 Å². The molecule has 18 fully saturated rings. The molecule has 10 aliphatic carbocycles. The Kier molecular flexibility index (Phi) is 35.1. The Morgan fingerprint density at radius 2 is 0.864 bits per heavy atom. The monoisotopic (exact) mass is 2080 g/mol. The van der Waals surface area contributed by atoms with Crippen LogP contribution in [0.2, 0.25) is 0 Å².